The number of rotatable bonds is 5. The number of ether oxygens (including phenoxy) is 1. The lowest BCUT2D eigenvalue weighted by atomic mass is 9.88. The summed E-state index contributed by atoms with van der Waals surface area (Å²) in [6.45, 7) is 2.67. The van der Waals surface area contributed by atoms with E-state index in [4.69, 9.17) is 27.9 Å². The van der Waals surface area contributed by atoms with Crippen molar-refractivity contribution < 1.29 is 14.3 Å². The van der Waals surface area contributed by atoms with Crippen molar-refractivity contribution in [3.05, 3.63) is 68.7 Å². The summed E-state index contributed by atoms with van der Waals surface area (Å²) < 4.78 is 4.75. The quantitative estimate of drug-likeness (QED) is 0.654. The standard InChI is InChI=1S/C22H23Cl2NO3/c1-14-16-6-3-5-15(9-10-22(27)28-2)17(16)11-12-25(14)21(26)13-18-19(23)7-4-8-20(18)24/h3-8,14H,9-13H2,1-2H3/t14-/m0/s1. The monoisotopic (exact) mass is 419 g/mol. The molecule has 0 saturated heterocycles. The summed E-state index contributed by atoms with van der Waals surface area (Å²) in [5.74, 6) is -0.206. The summed E-state index contributed by atoms with van der Waals surface area (Å²) in [5, 5.41) is 1.02. The number of halogens is 2. The number of aryl methyl sites for hydroxylation is 1. The van der Waals surface area contributed by atoms with Crippen molar-refractivity contribution in [3.63, 3.8) is 0 Å². The molecule has 0 aliphatic carbocycles. The number of benzene rings is 2. The van der Waals surface area contributed by atoms with Gasteiger partial charge < -0.3 is 9.64 Å². The lowest BCUT2D eigenvalue weighted by Gasteiger charge is -2.36. The van der Waals surface area contributed by atoms with Crippen LogP contribution in [0.1, 0.15) is 41.6 Å². The highest BCUT2D eigenvalue weighted by Gasteiger charge is 2.29. The molecule has 0 bridgehead atoms. The SMILES string of the molecule is COC(=O)CCc1cccc2c1CCN(C(=O)Cc1c(Cl)cccc1Cl)[C@H]2C. The maximum Gasteiger partial charge on any atom is 0.305 e. The van der Waals surface area contributed by atoms with Crippen molar-refractivity contribution in [1.82, 2.24) is 4.90 Å². The second-order valence-electron chi connectivity index (χ2n) is 6.95. The smallest absolute Gasteiger partial charge is 0.305 e. The molecule has 1 aliphatic rings. The first-order valence-electron chi connectivity index (χ1n) is 9.32. The fourth-order valence-electron chi connectivity index (χ4n) is 3.81. The Morgan fingerprint density at radius 3 is 2.50 bits per heavy atom. The van der Waals surface area contributed by atoms with Gasteiger partial charge in [-0.3, -0.25) is 9.59 Å². The molecule has 0 saturated carbocycles. The van der Waals surface area contributed by atoms with E-state index in [9.17, 15) is 9.59 Å². The van der Waals surface area contributed by atoms with E-state index in [1.807, 2.05) is 17.9 Å². The number of esters is 1. The third kappa shape index (κ3) is 4.34. The number of methoxy groups -OCH3 is 1. The summed E-state index contributed by atoms with van der Waals surface area (Å²) in [7, 11) is 1.40. The molecule has 3 rings (SSSR count). The van der Waals surface area contributed by atoms with E-state index >= 15 is 0 Å². The molecule has 2 aromatic rings. The molecule has 0 N–H and O–H groups in total. The summed E-state index contributed by atoms with van der Waals surface area (Å²) in [6, 6.07) is 11.3. The Bertz CT molecular complexity index is 877. The molecular formula is C22H23Cl2NO3. The number of carbonyl (C=O) groups excluding carboxylic acids is 2. The average Bonchev–Trinajstić information content (AvgIpc) is 2.69. The minimum Gasteiger partial charge on any atom is -0.469 e. The molecule has 1 aliphatic heterocycles. The van der Waals surface area contributed by atoms with Crippen LogP contribution in [-0.4, -0.2) is 30.4 Å². The Hall–Kier alpha value is -2.04. The highest BCUT2D eigenvalue weighted by atomic mass is 35.5. The normalized spacial score (nSPS) is 15.9. The van der Waals surface area contributed by atoms with E-state index in [1.165, 1.54) is 12.7 Å². The largest absolute Gasteiger partial charge is 0.469 e. The van der Waals surface area contributed by atoms with Crippen LogP contribution in [0.5, 0.6) is 0 Å². The van der Waals surface area contributed by atoms with Gasteiger partial charge in [0.05, 0.1) is 19.6 Å². The Balaban J connectivity index is 1.78. The molecule has 0 unspecified atom stereocenters. The van der Waals surface area contributed by atoms with Crippen molar-refractivity contribution in [2.75, 3.05) is 13.7 Å². The van der Waals surface area contributed by atoms with Crippen LogP contribution >= 0.6 is 23.2 Å². The average molecular weight is 420 g/mol. The number of hydrogen-bond acceptors (Lipinski definition) is 3. The molecule has 6 heteroatoms. The molecule has 148 valence electrons. The van der Waals surface area contributed by atoms with E-state index in [2.05, 4.69) is 12.1 Å². The van der Waals surface area contributed by atoms with Crippen LogP contribution in [0, 0.1) is 0 Å². The topological polar surface area (TPSA) is 46.6 Å². The van der Waals surface area contributed by atoms with Crippen LogP contribution < -0.4 is 0 Å². The van der Waals surface area contributed by atoms with Gasteiger partial charge in [0.1, 0.15) is 0 Å². The van der Waals surface area contributed by atoms with Gasteiger partial charge in [0.2, 0.25) is 5.91 Å². The Morgan fingerprint density at radius 1 is 1.14 bits per heavy atom. The molecule has 2 aromatic carbocycles. The molecule has 1 atom stereocenters. The van der Waals surface area contributed by atoms with Gasteiger partial charge in [-0.2, -0.15) is 0 Å². The van der Waals surface area contributed by atoms with Gasteiger partial charge in [-0.15, -0.1) is 0 Å². The second kappa shape index (κ2) is 8.97. The molecule has 0 aromatic heterocycles. The van der Waals surface area contributed by atoms with Gasteiger partial charge in [0.15, 0.2) is 0 Å². The zero-order valence-electron chi connectivity index (χ0n) is 16.0. The highest BCUT2D eigenvalue weighted by Crippen LogP contribution is 2.33. The number of nitrogens with zero attached hydrogens (tertiary/aromatic N) is 1. The van der Waals surface area contributed by atoms with E-state index in [0.29, 0.717) is 35.0 Å². The number of amides is 1. The van der Waals surface area contributed by atoms with Gasteiger partial charge >= 0.3 is 5.97 Å². The van der Waals surface area contributed by atoms with Gasteiger partial charge in [0.25, 0.3) is 0 Å². The molecule has 0 fully saturated rings. The van der Waals surface area contributed by atoms with Crippen molar-refractivity contribution >= 4 is 35.1 Å². The van der Waals surface area contributed by atoms with E-state index in [-0.39, 0.29) is 24.3 Å². The predicted octanol–water partition coefficient (Wildman–Crippen LogP) is 4.79. The lowest BCUT2D eigenvalue weighted by molar-refractivity contribution is -0.140. The first kappa shape index (κ1) is 20.7. The maximum atomic E-state index is 13.0. The molecule has 0 radical (unpaired) electrons. The fourth-order valence-corrected chi connectivity index (χ4v) is 4.34. The molecule has 4 nitrogen and oxygen atoms in total. The van der Waals surface area contributed by atoms with Crippen LogP contribution in [0.25, 0.3) is 0 Å². The first-order valence-corrected chi connectivity index (χ1v) is 10.1. The molecule has 1 heterocycles. The summed E-state index contributed by atoms with van der Waals surface area (Å²) in [5.41, 5.74) is 4.18. The number of hydrogen-bond donors (Lipinski definition) is 0. The molecular weight excluding hydrogens is 397 g/mol. The van der Waals surface area contributed by atoms with Crippen LogP contribution in [0.2, 0.25) is 10.0 Å². The zero-order chi connectivity index (χ0) is 20.3. The van der Waals surface area contributed by atoms with E-state index in [1.54, 1.807) is 18.2 Å². The van der Waals surface area contributed by atoms with Gasteiger partial charge in [-0.1, -0.05) is 47.5 Å². The van der Waals surface area contributed by atoms with Crippen LogP contribution in [0.3, 0.4) is 0 Å². The third-order valence-corrected chi connectivity index (χ3v) is 6.07. The fraction of sp³-hybridized carbons (Fsp3) is 0.364. The summed E-state index contributed by atoms with van der Waals surface area (Å²) in [4.78, 5) is 26.4. The minimum absolute atomic E-state index is 0.00751. The Morgan fingerprint density at radius 2 is 1.82 bits per heavy atom. The van der Waals surface area contributed by atoms with Crippen molar-refractivity contribution in [2.45, 2.75) is 38.6 Å². The second-order valence-corrected chi connectivity index (χ2v) is 7.77. The predicted molar refractivity (Wildman–Crippen MR) is 111 cm³/mol. The molecule has 28 heavy (non-hydrogen) atoms. The first-order chi connectivity index (χ1) is 13.4. The third-order valence-electron chi connectivity index (χ3n) is 5.37. The van der Waals surface area contributed by atoms with E-state index in [0.717, 1.165) is 17.5 Å². The van der Waals surface area contributed by atoms with Crippen molar-refractivity contribution in [2.24, 2.45) is 0 Å². The van der Waals surface area contributed by atoms with E-state index < -0.39 is 0 Å². The number of fused-ring (bicyclic) bond motifs is 1. The van der Waals surface area contributed by atoms with Crippen molar-refractivity contribution in [3.8, 4) is 0 Å². The molecule has 0 spiro atoms. The summed E-state index contributed by atoms with van der Waals surface area (Å²) in [6.07, 6.45) is 1.94. The maximum absolute atomic E-state index is 13.0. The van der Waals surface area contributed by atoms with Crippen LogP contribution in [0.15, 0.2) is 36.4 Å². The van der Waals surface area contributed by atoms with Gasteiger partial charge in [-0.25, -0.2) is 0 Å². The summed E-state index contributed by atoms with van der Waals surface area (Å²) >= 11 is 12.5. The lowest BCUT2D eigenvalue weighted by Crippen LogP contribution is -2.40. The van der Waals surface area contributed by atoms with Crippen LogP contribution in [0.4, 0.5) is 0 Å². The number of carbonyl (C=O) groups is 2. The Kier molecular flexibility index (Phi) is 6.63. The highest BCUT2D eigenvalue weighted by molar-refractivity contribution is 6.36. The molecule has 1 amide bonds. The van der Waals surface area contributed by atoms with Crippen LogP contribution in [-0.2, 0) is 33.6 Å². The van der Waals surface area contributed by atoms with Crippen molar-refractivity contribution in [1.29, 1.82) is 0 Å². The van der Waals surface area contributed by atoms with Gasteiger partial charge in [0, 0.05) is 23.0 Å². The Labute approximate surface area is 175 Å². The van der Waals surface area contributed by atoms with Gasteiger partial charge in [-0.05, 0) is 54.2 Å². The minimum atomic E-state index is -0.213. The zero-order valence-corrected chi connectivity index (χ0v) is 17.5.